The molecule has 0 bridgehead atoms. The van der Waals surface area contributed by atoms with Crippen molar-refractivity contribution < 1.29 is 13.9 Å². The maximum atomic E-state index is 14.3. The van der Waals surface area contributed by atoms with E-state index in [9.17, 15) is 9.18 Å². The van der Waals surface area contributed by atoms with Crippen LogP contribution in [0.15, 0.2) is 35.5 Å². The number of ether oxygens (including phenoxy) is 1. The fourth-order valence-corrected chi connectivity index (χ4v) is 2.77. The van der Waals surface area contributed by atoms with E-state index in [1.54, 1.807) is 39.0 Å². The highest BCUT2D eigenvalue weighted by Crippen LogP contribution is 2.37. The number of nitrogens with zero attached hydrogens (tertiary/aromatic N) is 4. The molecular formula is C16H17FN4O2. The third-order valence-electron chi connectivity index (χ3n) is 3.71. The smallest absolute Gasteiger partial charge is 0.317 e. The lowest BCUT2D eigenvalue weighted by Gasteiger charge is -2.30. The van der Waals surface area contributed by atoms with Crippen molar-refractivity contribution in [3.8, 4) is 0 Å². The SMILES string of the molecule is CC1=Nc2cnnn2C(c2ccccc2F)C1C(=O)OC(C)C. The van der Waals surface area contributed by atoms with Gasteiger partial charge >= 0.3 is 5.97 Å². The summed E-state index contributed by atoms with van der Waals surface area (Å²) in [6, 6.07) is 5.66. The summed E-state index contributed by atoms with van der Waals surface area (Å²) in [6.07, 6.45) is 1.22. The molecule has 2 heterocycles. The number of fused-ring (bicyclic) bond motifs is 1. The Morgan fingerprint density at radius 1 is 1.35 bits per heavy atom. The van der Waals surface area contributed by atoms with E-state index in [4.69, 9.17) is 4.74 Å². The molecule has 0 spiro atoms. The molecule has 1 aliphatic heterocycles. The van der Waals surface area contributed by atoms with Gasteiger partial charge in [-0.05, 0) is 26.8 Å². The minimum atomic E-state index is -0.747. The van der Waals surface area contributed by atoms with E-state index in [0.717, 1.165) is 0 Å². The van der Waals surface area contributed by atoms with Gasteiger partial charge in [0, 0.05) is 11.3 Å². The van der Waals surface area contributed by atoms with E-state index in [1.807, 2.05) is 0 Å². The van der Waals surface area contributed by atoms with Crippen molar-refractivity contribution in [2.45, 2.75) is 32.9 Å². The molecule has 0 amide bonds. The normalized spacial score (nSPS) is 20.1. The molecule has 0 N–H and O–H groups in total. The molecule has 0 saturated carbocycles. The molecular weight excluding hydrogens is 299 g/mol. The number of aromatic nitrogens is 3. The second-order valence-electron chi connectivity index (χ2n) is 5.72. The van der Waals surface area contributed by atoms with Crippen LogP contribution < -0.4 is 0 Å². The Morgan fingerprint density at radius 3 is 2.78 bits per heavy atom. The minimum Gasteiger partial charge on any atom is -0.462 e. The van der Waals surface area contributed by atoms with Gasteiger partial charge in [-0.3, -0.25) is 4.79 Å². The first-order valence-corrected chi connectivity index (χ1v) is 7.39. The molecule has 2 atom stereocenters. The van der Waals surface area contributed by atoms with Gasteiger partial charge in [-0.2, -0.15) is 0 Å². The van der Waals surface area contributed by atoms with Gasteiger partial charge in [0.25, 0.3) is 0 Å². The van der Waals surface area contributed by atoms with Gasteiger partial charge in [0.15, 0.2) is 5.82 Å². The van der Waals surface area contributed by atoms with Crippen LogP contribution in [-0.4, -0.2) is 32.8 Å². The lowest BCUT2D eigenvalue weighted by Crippen LogP contribution is -2.38. The predicted molar refractivity (Wildman–Crippen MR) is 82.0 cm³/mol. The molecule has 0 radical (unpaired) electrons. The third-order valence-corrected chi connectivity index (χ3v) is 3.71. The Kier molecular flexibility index (Phi) is 3.94. The highest BCUT2D eigenvalue weighted by atomic mass is 19.1. The number of carbonyl (C=O) groups is 1. The van der Waals surface area contributed by atoms with Gasteiger partial charge in [0.1, 0.15) is 17.8 Å². The van der Waals surface area contributed by atoms with Gasteiger partial charge in [-0.1, -0.05) is 23.4 Å². The van der Waals surface area contributed by atoms with Crippen LogP contribution in [0, 0.1) is 11.7 Å². The molecule has 7 heteroatoms. The van der Waals surface area contributed by atoms with Crippen LogP contribution in [0.1, 0.15) is 32.4 Å². The van der Waals surface area contributed by atoms with Crippen LogP contribution in [0.5, 0.6) is 0 Å². The number of esters is 1. The van der Waals surface area contributed by atoms with Gasteiger partial charge in [-0.15, -0.1) is 5.10 Å². The quantitative estimate of drug-likeness (QED) is 0.816. The first-order chi connectivity index (χ1) is 11.0. The Hall–Kier alpha value is -2.57. The molecule has 120 valence electrons. The largest absolute Gasteiger partial charge is 0.462 e. The average molecular weight is 316 g/mol. The molecule has 1 aliphatic rings. The number of rotatable bonds is 3. The van der Waals surface area contributed by atoms with Crippen LogP contribution >= 0.6 is 0 Å². The van der Waals surface area contributed by atoms with Gasteiger partial charge < -0.3 is 4.74 Å². The molecule has 6 nitrogen and oxygen atoms in total. The zero-order valence-electron chi connectivity index (χ0n) is 13.1. The molecule has 0 fully saturated rings. The molecule has 1 aromatic heterocycles. The molecule has 1 aromatic carbocycles. The van der Waals surface area contributed by atoms with Crippen LogP contribution in [0.4, 0.5) is 10.2 Å². The van der Waals surface area contributed by atoms with E-state index in [0.29, 0.717) is 17.1 Å². The zero-order chi connectivity index (χ0) is 16.6. The van der Waals surface area contributed by atoms with Crippen molar-refractivity contribution in [1.82, 2.24) is 15.0 Å². The maximum Gasteiger partial charge on any atom is 0.317 e. The van der Waals surface area contributed by atoms with Crippen molar-refractivity contribution in [1.29, 1.82) is 0 Å². The standard InChI is InChI=1S/C16H17FN4O2/c1-9(2)23-16(22)14-10(3)19-13-8-18-20-21(13)15(14)11-6-4-5-7-12(11)17/h4-9,14-15H,1-3H3. The Labute approximate surface area is 133 Å². The summed E-state index contributed by atoms with van der Waals surface area (Å²) in [5.41, 5.74) is 0.915. The molecule has 0 saturated heterocycles. The third kappa shape index (κ3) is 2.74. The highest BCUT2D eigenvalue weighted by molar-refractivity contribution is 6.03. The van der Waals surface area contributed by atoms with E-state index < -0.39 is 23.7 Å². The second-order valence-corrected chi connectivity index (χ2v) is 5.72. The molecule has 2 unspecified atom stereocenters. The lowest BCUT2D eigenvalue weighted by atomic mass is 9.88. The average Bonchev–Trinajstić information content (AvgIpc) is 2.93. The molecule has 3 rings (SSSR count). The van der Waals surface area contributed by atoms with Crippen LogP contribution in [0.3, 0.4) is 0 Å². The first-order valence-electron chi connectivity index (χ1n) is 7.39. The van der Waals surface area contributed by atoms with Crippen LogP contribution in [-0.2, 0) is 9.53 Å². The maximum absolute atomic E-state index is 14.3. The van der Waals surface area contributed by atoms with Gasteiger partial charge in [0.2, 0.25) is 0 Å². The summed E-state index contributed by atoms with van der Waals surface area (Å²) in [7, 11) is 0. The molecule has 2 aromatic rings. The topological polar surface area (TPSA) is 69.4 Å². The summed E-state index contributed by atoms with van der Waals surface area (Å²) in [5.74, 6) is -1.11. The number of aliphatic imine (C=N–C) groups is 1. The van der Waals surface area contributed by atoms with Crippen LogP contribution in [0.25, 0.3) is 0 Å². The summed E-state index contributed by atoms with van der Waals surface area (Å²) in [4.78, 5) is 16.9. The predicted octanol–water partition coefficient (Wildman–Crippen LogP) is 2.68. The van der Waals surface area contributed by atoms with E-state index >= 15 is 0 Å². The van der Waals surface area contributed by atoms with Crippen molar-refractivity contribution in [2.24, 2.45) is 10.9 Å². The van der Waals surface area contributed by atoms with Crippen molar-refractivity contribution in [2.75, 3.05) is 0 Å². The number of carbonyl (C=O) groups excluding carboxylic acids is 1. The van der Waals surface area contributed by atoms with Crippen molar-refractivity contribution in [3.63, 3.8) is 0 Å². The van der Waals surface area contributed by atoms with E-state index in [-0.39, 0.29) is 6.10 Å². The van der Waals surface area contributed by atoms with Crippen LogP contribution in [0.2, 0.25) is 0 Å². The number of halogens is 1. The molecule has 23 heavy (non-hydrogen) atoms. The van der Waals surface area contributed by atoms with Crippen molar-refractivity contribution >= 4 is 17.5 Å². The summed E-state index contributed by atoms with van der Waals surface area (Å²) >= 11 is 0. The first kappa shape index (κ1) is 15.3. The minimum absolute atomic E-state index is 0.270. The van der Waals surface area contributed by atoms with Gasteiger partial charge in [-0.25, -0.2) is 14.1 Å². The highest BCUT2D eigenvalue weighted by Gasteiger charge is 2.40. The zero-order valence-corrected chi connectivity index (χ0v) is 13.1. The van der Waals surface area contributed by atoms with Gasteiger partial charge in [0.05, 0.1) is 12.3 Å². The Bertz CT molecular complexity index is 769. The Balaban J connectivity index is 2.13. The fourth-order valence-electron chi connectivity index (χ4n) is 2.77. The summed E-state index contributed by atoms with van der Waals surface area (Å²) in [6.45, 7) is 5.27. The monoisotopic (exact) mass is 316 g/mol. The molecule has 0 aliphatic carbocycles. The second kappa shape index (κ2) is 5.91. The van der Waals surface area contributed by atoms with E-state index in [2.05, 4.69) is 15.3 Å². The van der Waals surface area contributed by atoms with Crippen molar-refractivity contribution in [3.05, 3.63) is 41.8 Å². The Morgan fingerprint density at radius 2 is 2.09 bits per heavy atom. The summed E-state index contributed by atoms with van der Waals surface area (Å²) in [5, 5.41) is 7.82. The number of hydrogen-bond acceptors (Lipinski definition) is 5. The fraction of sp³-hybridized carbons (Fsp3) is 0.375. The number of benzene rings is 1. The summed E-state index contributed by atoms with van der Waals surface area (Å²) < 4.78 is 21.2. The number of hydrogen-bond donors (Lipinski definition) is 0. The lowest BCUT2D eigenvalue weighted by molar-refractivity contribution is -0.151. The van der Waals surface area contributed by atoms with E-state index in [1.165, 1.54) is 16.9 Å².